The molecule has 1 heterocycles. The predicted molar refractivity (Wildman–Crippen MR) is 121 cm³/mol. The maximum Gasteiger partial charge on any atom is 0.255 e. The highest BCUT2D eigenvalue weighted by molar-refractivity contribution is 8.00. The molecule has 1 saturated heterocycles. The molecule has 0 unspecified atom stereocenters. The van der Waals surface area contributed by atoms with E-state index in [2.05, 4.69) is 5.32 Å². The fourth-order valence-electron chi connectivity index (χ4n) is 3.47. The number of carbonyl (C=O) groups excluding carboxylic acids is 2. The van der Waals surface area contributed by atoms with Gasteiger partial charge in [0.05, 0.1) is 18.0 Å². The second-order valence-electron chi connectivity index (χ2n) is 6.92. The largest absolute Gasteiger partial charge is 0.492 e. The van der Waals surface area contributed by atoms with Crippen LogP contribution >= 0.6 is 11.8 Å². The molecule has 1 aliphatic heterocycles. The van der Waals surface area contributed by atoms with Crippen molar-refractivity contribution in [3.63, 3.8) is 0 Å². The molecular weight excluding hydrogens is 415 g/mol. The van der Waals surface area contributed by atoms with Gasteiger partial charge in [0.1, 0.15) is 16.9 Å². The zero-order valence-corrected chi connectivity index (χ0v) is 17.7. The van der Waals surface area contributed by atoms with Crippen LogP contribution in [0.4, 0.5) is 15.8 Å². The number of rotatable bonds is 6. The molecule has 0 saturated carbocycles. The van der Waals surface area contributed by atoms with Crippen LogP contribution in [0.2, 0.25) is 0 Å². The van der Waals surface area contributed by atoms with Gasteiger partial charge in [0.2, 0.25) is 5.91 Å². The molecule has 0 aliphatic carbocycles. The lowest BCUT2D eigenvalue weighted by Gasteiger charge is -2.26. The lowest BCUT2D eigenvalue weighted by molar-refractivity contribution is -0.115. The molecular formula is C24H21FN2O3S. The highest BCUT2D eigenvalue weighted by Crippen LogP contribution is 2.45. The van der Waals surface area contributed by atoms with Crippen molar-refractivity contribution in [1.29, 1.82) is 0 Å². The number of halogens is 1. The lowest BCUT2D eigenvalue weighted by atomic mass is 10.1. The van der Waals surface area contributed by atoms with Crippen molar-refractivity contribution in [2.24, 2.45) is 0 Å². The molecule has 1 N–H and O–H groups in total. The molecule has 3 aromatic carbocycles. The van der Waals surface area contributed by atoms with E-state index in [0.29, 0.717) is 23.8 Å². The zero-order valence-electron chi connectivity index (χ0n) is 16.9. The molecule has 1 atom stereocenters. The molecule has 158 valence electrons. The second-order valence-corrected chi connectivity index (χ2v) is 7.99. The Morgan fingerprint density at radius 2 is 1.94 bits per heavy atom. The van der Waals surface area contributed by atoms with E-state index in [1.54, 1.807) is 17.0 Å². The molecule has 0 bridgehead atoms. The summed E-state index contributed by atoms with van der Waals surface area (Å²) in [6.07, 6.45) is 0. The van der Waals surface area contributed by atoms with E-state index in [1.165, 1.54) is 30.0 Å². The molecule has 1 aliphatic rings. The van der Waals surface area contributed by atoms with Crippen LogP contribution in [0.3, 0.4) is 0 Å². The summed E-state index contributed by atoms with van der Waals surface area (Å²) in [4.78, 5) is 27.0. The summed E-state index contributed by atoms with van der Waals surface area (Å²) in [7, 11) is 0. The Bertz CT molecular complexity index is 1120. The summed E-state index contributed by atoms with van der Waals surface area (Å²) in [5.41, 5.74) is 2.41. The number of hydrogen-bond acceptors (Lipinski definition) is 4. The van der Waals surface area contributed by atoms with Gasteiger partial charge in [-0.25, -0.2) is 4.39 Å². The van der Waals surface area contributed by atoms with Crippen LogP contribution in [0.1, 0.15) is 28.2 Å². The topological polar surface area (TPSA) is 58.6 Å². The maximum atomic E-state index is 13.4. The number of ether oxygens (including phenoxy) is 1. The van der Waals surface area contributed by atoms with E-state index in [9.17, 15) is 14.0 Å². The van der Waals surface area contributed by atoms with Gasteiger partial charge in [0, 0.05) is 11.3 Å². The van der Waals surface area contributed by atoms with Crippen molar-refractivity contribution in [1.82, 2.24) is 0 Å². The molecule has 7 heteroatoms. The van der Waals surface area contributed by atoms with Crippen LogP contribution in [0, 0.1) is 5.82 Å². The smallest absolute Gasteiger partial charge is 0.255 e. The third-order valence-corrected chi connectivity index (χ3v) is 6.02. The minimum absolute atomic E-state index is 0.00338. The highest BCUT2D eigenvalue weighted by atomic mass is 32.2. The first-order valence-corrected chi connectivity index (χ1v) is 10.9. The lowest BCUT2D eigenvalue weighted by Crippen LogP contribution is -2.28. The molecule has 0 aromatic heterocycles. The summed E-state index contributed by atoms with van der Waals surface area (Å²) in [6.45, 7) is 2.40. The van der Waals surface area contributed by atoms with Gasteiger partial charge in [-0.05, 0) is 55.0 Å². The Labute approximate surface area is 184 Å². The van der Waals surface area contributed by atoms with Crippen molar-refractivity contribution in [3.05, 3.63) is 89.7 Å². The summed E-state index contributed by atoms with van der Waals surface area (Å²) in [5, 5.41) is 2.55. The normalized spacial score (nSPS) is 15.7. The first-order valence-electron chi connectivity index (χ1n) is 9.89. The molecule has 1 fully saturated rings. The number of thioether (sulfide) groups is 1. The number of benzene rings is 3. The van der Waals surface area contributed by atoms with Crippen LogP contribution in [0.25, 0.3) is 0 Å². The van der Waals surface area contributed by atoms with Crippen molar-refractivity contribution < 1.29 is 18.7 Å². The molecule has 4 rings (SSSR count). The van der Waals surface area contributed by atoms with Crippen LogP contribution in [0.5, 0.6) is 5.75 Å². The number of hydrogen-bond donors (Lipinski definition) is 1. The van der Waals surface area contributed by atoms with Gasteiger partial charge in [-0.2, -0.15) is 0 Å². The number of carbonyl (C=O) groups is 2. The molecule has 2 amide bonds. The van der Waals surface area contributed by atoms with E-state index in [0.717, 1.165) is 11.3 Å². The molecule has 3 aromatic rings. The number of nitrogens with zero attached hydrogens (tertiary/aromatic N) is 1. The fourth-order valence-corrected chi connectivity index (χ4v) is 4.63. The maximum absolute atomic E-state index is 13.4. The summed E-state index contributed by atoms with van der Waals surface area (Å²) >= 11 is 1.52. The Morgan fingerprint density at radius 1 is 1.13 bits per heavy atom. The number of anilines is 2. The SMILES string of the molecule is CCOc1ccccc1N1C(=O)CS[C@H]1c1cccc(NC(=O)c2cccc(F)c2)c1. The minimum Gasteiger partial charge on any atom is -0.492 e. The van der Waals surface area contributed by atoms with Crippen LogP contribution in [-0.4, -0.2) is 24.2 Å². The van der Waals surface area contributed by atoms with Crippen LogP contribution < -0.4 is 15.0 Å². The summed E-state index contributed by atoms with van der Waals surface area (Å²) < 4.78 is 19.2. The average Bonchev–Trinajstić information content (AvgIpc) is 3.16. The third kappa shape index (κ3) is 4.56. The summed E-state index contributed by atoms with van der Waals surface area (Å²) in [6, 6.07) is 20.4. The van der Waals surface area contributed by atoms with Gasteiger partial charge in [-0.1, -0.05) is 30.3 Å². The fraction of sp³-hybridized carbons (Fsp3) is 0.167. The van der Waals surface area contributed by atoms with Crippen molar-refractivity contribution in [2.75, 3.05) is 22.6 Å². The van der Waals surface area contributed by atoms with Crippen LogP contribution in [0.15, 0.2) is 72.8 Å². The number of amides is 2. The average molecular weight is 437 g/mol. The van der Waals surface area contributed by atoms with E-state index in [-0.39, 0.29) is 16.8 Å². The molecule has 0 spiro atoms. The van der Waals surface area contributed by atoms with Crippen molar-refractivity contribution >= 4 is 35.0 Å². The second kappa shape index (κ2) is 9.22. The van der Waals surface area contributed by atoms with Crippen molar-refractivity contribution in [2.45, 2.75) is 12.3 Å². The molecule has 31 heavy (non-hydrogen) atoms. The third-order valence-electron chi connectivity index (χ3n) is 4.81. The standard InChI is InChI=1S/C24H21FN2O3S/c1-2-30-21-12-4-3-11-20(21)27-22(28)15-31-24(27)17-8-6-10-19(14-17)26-23(29)16-7-5-9-18(25)13-16/h3-14,24H,2,15H2,1H3,(H,26,29)/t24-/m0/s1. The van der Waals surface area contributed by atoms with E-state index < -0.39 is 11.7 Å². The quantitative estimate of drug-likeness (QED) is 0.573. The number of nitrogens with one attached hydrogen (secondary N) is 1. The zero-order chi connectivity index (χ0) is 21.8. The first kappa shape index (κ1) is 20.9. The number of para-hydroxylation sites is 2. The Balaban J connectivity index is 1.61. The Kier molecular flexibility index (Phi) is 6.23. The monoisotopic (exact) mass is 436 g/mol. The van der Waals surface area contributed by atoms with Gasteiger partial charge in [0.15, 0.2) is 0 Å². The first-order chi connectivity index (χ1) is 15.1. The minimum atomic E-state index is -0.467. The van der Waals surface area contributed by atoms with Crippen molar-refractivity contribution in [3.8, 4) is 5.75 Å². The highest BCUT2D eigenvalue weighted by Gasteiger charge is 2.35. The molecule has 0 radical (unpaired) electrons. The van der Waals surface area contributed by atoms with Gasteiger partial charge in [0.25, 0.3) is 5.91 Å². The summed E-state index contributed by atoms with van der Waals surface area (Å²) in [5.74, 6) is 0.138. The Morgan fingerprint density at radius 3 is 2.74 bits per heavy atom. The van der Waals surface area contributed by atoms with E-state index >= 15 is 0 Å². The predicted octanol–water partition coefficient (Wildman–Crippen LogP) is 5.26. The van der Waals surface area contributed by atoms with Gasteiger partial charge in [-0.15, -0.1) is 11.8 Å². The van der Waals surface area contributed by atoms with Gasteiger partial charge >= 0.3 is 0 Å². The molecule has 5 nitrogen and oxygen atoms in total. The van der Waals surface area contributed by atoms with Crippen LogP contribution in [-0.2, 0) is 4.79 Å². The van der Waals surface area contributed by atoms with E-state index in [1.807, 2.05) is 49.4 Å². The van der Waals surface area contributed by atoms with E-state index in [4.69, 9.17) is 4.74 Å². The Hall–Kier alpha value is -3.32. The van der Waals surface area contributed by atoms with Gasteiger partial charge in [-0.3, -0.25) is 14.5 Å². The van der Waals surface area contributed by atoms with Gasteiger partial charge < -0.3 is 10.1 Å².